The summed E-state index contributed by atoms with van der Waals surface area (Å²) in [4.78, 5) is 9.92. The van der Waals surface area contributed by atoms with Gasteiger partial charge in [0, 0.05) is 12.7 Å². The van der Waals surface area contributed by atoms with E-state index in [1.54, 1.807) is 0 Å². The zero-order valence-corrected chi connectivity index (χ0v) is 12.5. The lowest BCUT2D eigenvalue weighted by molar-refractivity contribution is -0.386. The van der Waals surface area contributed by atoms with E-state index in [4.69, 9.17) is 19.3 Å². The summed E-state index contributed by atoms with van der Waals surface area (Å²) in [5.41, 5.74) is -0.462. The molecule has 9 nitrogen and oxygen atoms in total. The molecule has 1 heterocycles. The molecule has 1 saturated heterocycles. The lowest BCUT2D eigenvalue weighted by Crippen LogP contribution is -2.17. The van der Waals surface area contributed by atoms with Gasteiger partial charge in [0.05, 0.1) is 29.1 Å². The van der Waals surface area contributed by atoms with Gasteiger partial charge in [0.25, 0.3) is 0 Å². The molecule has 22 heavy (non-hydrogen) atoms. The van der Waals surface area contributed by atoms with Gasteiger partial charge in [0.1, 0.15) is 6.61 Å². The van der Waals surface area contributed by atoms with E-state index in [2.05, 4.69) is 0 Å². The Balaban J connectivity index is 1.98. The minimum absolute atomic E-state index is 0.0170. The van der Waals surface area contributed by atoms with Crippen molar-refractivity contribution in [2.24, 2.45) is 5.14 Å². The van der Waals surface area contributed by atoms with Crippen LogP contribution in [0.1, 0.15) is 6.42 Å². The van der Waals surface area contributed by atoms with Gasteiger partial charge in [-0.05, 0) is 18.6 Å². The predicted molar refractivity (Wildman–Crippen MR) is 75.1 cm³/mol. The molecule has 0 aromatic heterocycles. The van der Waals surface area contributed by atoms with Gasteiger partial charge in [-0.1, -0.05) is 0 Å². The highest BCUT2D eigenvalue weighted by Gasteiger charge is 2.20. The molecule has 0 spiro atoms. The van der Waals surface area contributed by atoms with Crippen molar-refractivity contribution in [3.05, 3.63) is 28.3 Å². The van der Waals surface area contributed by atoms with Crippen LogP contribution in [0.15, 0.2) is 23.1 Å². The number of ether oxygens (including phenoxy) is 3. The van der Waals surface area contributed by atoms with Crippen molar-refractivity contribution in [3.63, 3.8) is 0 Å². The Kier molecular flexibility index (Phi) is 5.29. The summed E-state index contributed by atoms with van der Waals surface area (Å²) in [6.07, 6.45) is 0.826. The zero-order chi connectivity index (χ0) is 16.2. The molecule has 1 aliphatic rings. The number of nitro benzene ring substituents is 1. The lowest BCUT2D eigenvalue weighted by Gasteiger charge is -2.11. The molecule has 2 rings (SSSR count). The van der Waals surface area contributed by atoms with E-state index in [-0.39, 0.29) is 30.0 Å². The molecule has 0 bridgehead atoms. The van der Waals surface area contributed by atoms with Crippen LogP contribution in [0.25, 0.3) is 0 Å². The number of sulfonamides is 1. The second-order valence-electron chi connectivity index (χ2n) is 4.64. The van der Waals surface area contributed by atoms with Crippen LogP contribution in [0.3, 0.4) is 0 Å². The summed E-state index contributed by atoms with van der Waals surface area (Å²) in [5.74, 6) is -0.0383. The van der Waals surface area contributed by atoms with Gasteiger partial charge in [-0.25, -0.2) is 13.6 Å². The molecule has 10 heteroatoms. The monoisotopic (exact) mass is 332 g/mol. The van der Waals surface area contributed by atoms with Gasteiger partial charge in [0.15, 0.2) is 5.75 Å². The van der Waals surface area contributed by atoms with Crippen LogP contribution >= 0.6 is 0 Å². The largest absolute Gasteiger partial charge is 0.484 e. The van der Waals surface area contributed by atoms with Gasteiger partial charge in [-0.2, -0.15) is 0 Å². The summed E-state index contributed by atoms with van der Waals surface area (Å²) in [7, 11) is -4.01. The molecule has 122 valence electrons. The zero-order valence-electron chi connectivity index (χ0n) is 11.6. The molecular weight excluding hydrogens is 316 g/mol. The third-order valence-electron chi connectivity index (χ3n) is 3.04. The highest BCUT2D eigenvalue weighted by molar-refractivity contribution is 7.89. The Bertz CT molecular complexity index is 641. The van der Waals surface area contributed by atoms with Crippen LogP contribution in [0.2, 0.25) is 0 Å². The second-order valence-corrected chi connectivity index (χ2v) is 6.20. The van der Waals surface area contributed by atoms with Crippen molar-refractivity contribution in [2.75, 3.05) is 26.4 Å². The standard InChI is InChI=1S/C12H16N2O7S/c13-22(17,18)10-1-2-12(11(7-10)14(15)16)21-6-5-20-9-3-4-19-8-9/h1-2,7,9H,3-6,8H2,(H2,13,17,18). The first kappa shape index (κ1) is 16.6. The number of nitrogens with two attached hydrogens (primary N) is 1. The number of primary sulfonamides is 1. The fraction of sp³-hybridized carbons (Fsp3) is 0.500. The van der Waals surface area contributed by atoms with Crippen molar-refractivity contribution in [3.8, 4) is 5.75 Å². The number of nitrogens with zero attached hydrogens (tertiary/aromatic N) is 1. The Morgan fingerprint density at radius 3 is 2.77 bits per heavy atom. The van der Waals surface area contributed by atoms with Crippen molar-refractivity contribution < 1.29 is 27.6 Å². The summed E-state index contributed by atoms with van der Waals surface area (Å²) in [6.45, 7) is 1.55. The molecule has 1 aromatic rings. The van der Waals surface area contributed by atoms with Crippen LogP contribution < -0.4 is 9.88 Å². The van der Waals surface area contributed by atoms with E-state index < -0.39 is 20.6 Å². The van der Waals surface area contributed by atoms with Gasteiger partial charge < -0.3 is 14.2 Å². The van der Waals surface area contributed by atoms with E-state index in [9.17, 15) is 18.5 Å². The fourth-order valence-electron chi connectivity index (χ4n) is 1.95. The normalized spacial score (nSPS) is 18.3. The highest BCUT2D eigenvalue weighted by atomic mass is 32.2. The van der Waals surface area contributed by atoms with E-state index in [0.717, 1.165) is 18.6 Å². The maximum atomic E-state index is 11.2. The molecule has 1 fully saturated rings. The van der Waals surface area contributed by atoms with Crippen LogP contribution in [0.4, 0.5) is 5.69 Å². The molecule has 1 aromatic carbocycles. The van der Waals surface area contributed by atoms with Crippen molar-refractivity contribution in [1.82, 2.24) is 0 Å². The molecule has 0 saturated carbocycles. The van der Waals surface area contributed by atoms with Crippen LogP contribution in [-0.2, 0) is 19.5 Å². The third kappa shape index (κ3) is 4.37. The van der Waals surface area contributed by atoms with E-state index >= 15 is 0 Å². The van der Waals surface area contributed by atoms with Crippen molar-refractivity contribution >= 4 is 15.7 Å². The smallest absolute Gasteiger partial charge is 0.312 e. The van der Waals surface area contributed by atoms with E-state index in [1.165, 1.54) is 6.07 Å². The van der Waals surface area contributed by atoms with Crippen LogP contribution in [0.5, 0.6) is 5.75 Å². The molecule has 1 aliphatic heterocycles. The Morgan fingerprint density at radius 2 is 2.18 bits per heavy atom. The summed E-state index contributed by atoms with van der Waals surface area (Å²) >= 11 is 0. The Labute approximate surface area is 127 Å². The van der Waals surface area contributed by atoms with Gasteiger partial charge in [-0.3, -0.25) is 10.1 Å². The maximum absolute atomic E-state index is 11.2. The number of nitro groups is 1. The number of rotatable bonds is 7. The molecule has 0 radical (unpaired) electrons. The second kappa shape index (κ2) is 7.01. The average molecular weight is 332 g/mol. The highest BCUT2D eigenvalue weighted by Crippen LogP contribution is 2.29. The summed E-state index contributed by atoms with van der Waals surface area (Å²) in [6, 6.07) is 3.23. The number of benzene rings is 1. The minimum atomic E-state index is -4.01. The van der Waals surface area contributed by atoms with Crippen LogP contribution in [0, 0.1) is 10.1 Å². The minimum Gasteiger partial charge on any atom is -0.484 e. The number of hydrogen-bond acceptors (Lipinski definition) is 7. The van der Waals surface area contributed by atoms with Crippen molar-refractivity contribution in [1.29, 1.82) is 0 Å². The van der Waals surface area contributed by atoms with E-state index in [1.807, 2.05) is 0 Å². The lowest BCUT2D eigenvalue weighted by atomic mass is 10.3. The fourth-order valence-corrected chi connectivity index (χ4v) is 2.48. The first-order valence-corrected chi connectivity index (χ1v) is 8.06. The van der Waals surface area contributed by atoms with Gasteiger partial charge in [0.2, 0.25) is 10.0 Å². The summed E-state index contributed by atoms with van der Waals surface area (Å²) < 4.78 is 38.3. The number of hydrogen-bond donors (Lipinski definition) is 1. The Morgan fingerprint density at radius 1 is 1.41 bits per heavy atom. The summed E-state index contributed by atoms with van der Waals surface area (Å²) in [5, 5.41) is 15.9. The molecular formula is C12H16N2O7S. The maximum Gasteiger partial charge on any atom is 0.312 e. The quantitative estimate of drug-likeness (QED) is 0.435. The molecule has 1 atom stereocenters. The van der Waals surface area contributed by atoms with Crippen molar-refractivity contribution in [2.45, 2.75) is 17.4 Å². The molecule has 1 unspecified atom stereocenters. The average Bonchev–Trinajstić information content (AvgIpc) is 2.95. The van der Waals surface area contributed by atoms with Crippen LogP contribution in [-0.4, -0.2) is 45.9 Å². The Hall–Kier alpha value is -1.75. The molecule has 0 aliphatic carbocycles. The van der Waals surface area contributed by atoms with E-state index in [0.29, 0.717) is 13.2 Å². The predicted octanol–water partition coefficient (Wildman–Crippen LogP) is 0.427. The van der Waals surface area contributed by atoms with Gasteiger partial charge >= 0.3 is 5.69 Å². The van der Waals surface area contributed by atoms with Gasteiger partial charge in [-0.15, -0.1) is 0 Å². The SMILES string of the molecule is NS(=O)(=O)c1ccc(OCCOC2CCOC2)c([N+](=O)[O-])c1. The topological polar surface area (TPSA) is 131 Å². The molecule has 2 N–H and O–H groups in total. The first-order valence-electron chi connectivity index (χ1n) is 6.51. The first-order chi connectivity index (χ1) is 10.4. The molecule has 0 amide bonds. The third-order valence-corrected chi connectivity index (χ3v) is 3.95.